The second-order valence-electron chi connectivity index (χ2n) is 23.2. The van der Waals surface area contributed by atoms with E-state index in [9.17, 15) is 0 Å². The van der Waals surface area contributed by atoms with Gasteiger partial charge < -0.3 is 0 Å². The summed E-state index contributed by atoms with van der Waals surface area (Å²) in [6.07, 6.45) is 7.02. The van der Waals surface area contributed by atoms with Crippen molar-refractivity contribution in [3.05, 3.63) is 278 Å². The smallest absolute Gasteiger partial charge is 0.164 e. The molecule has 0 heterocycles. The summed E-state index contributed by atoms with van der Waals surface area (Å²) in [5, 5.41) is 26.2. The molecule has 0 aromatic heterocycles. The fraction of sp³-hybridized carbons (Fsp3) is 0.119. The average Bonchev–Trinajstić information content (AvgIpc) is 1.50. The van der Waals surface area contributed by atoms with E-state index in [1.807, 2.05) is 0 Å². The summed E-state index contributed by atoms with van der Waals surface area (Å²) in [7, 11) is 1.08. The van der Waals surface area contributed by atoms with E-state index < -0.39 is 0 Å². The van der Waals surface area contributed by atoms with Gasteiger partial charge in [-0.25, -0.2) is 0 Å². The summed E-state index contributed by atoms with van der Waals surface area (Å²) in [4.78, 5) is 0. The normalized spacial score (nSPS) is 11.5. The zero-order valence-corrected chi connectivity index (χ0v) is 53.1. The Hall–Kier alpha value is -8.52. The molecule has 0 fully saturated rings. The van der Waals surface area contributed by atoms with Crippen LogP contribution in [0.25, 0.3) is 152 Å². The summed E-state index contributed by atoms with van der Waals surface area (Å²) in [6, 6.07) is 99.7. The molecule has 0 bridgehead atoms. The fourth-order valence-corrected chi connectivity index (χ4v) is 13.9. The Morgan fingerprint density at radius 1 is 0.267 bits per heavy atom. The zero-order valence-electron chi connectivity index (χ0n) is 49.6. The Morgan fingerprint density at radius 3 is 0.709 bits per heavy atom. The zero-order chi connectivity index (χ0) is 57.4. The first kappa shape index (κ1) is 56.6. The molecule has 0 N–H and O–H groups in total. The Labute approximate surface area is 527 Å². The third kappa shape index (κ3) is 10.3. The molecule has 0 saturated carbocycles. The first-order chi connectivity index (χ1) is 42.0. The maximum atomic E-state index is 2.48. The van der Waals surface area contributed by atoms with Gasteiger partial charge in [-0.05, 0) is 146 Å². The number of aryl methyl sites for hydroxylation is 2. The predicted molar refractivity (Wildman–Crippen MR) is 376 cm³/mol. The molecule has 0 saturated heterocycles. The van der Waals surface area contributed by atoms with Gasteiger partial charge in [0.25, 0.3) is 0 Å². The third-order valence-electron chi connectivity index (χ3n) is 17.7. The number of benzene rings is 14. The van der Waals surface area contributed by atoms with Gasteiger partial charge >= 0.3 is 26.2 Å². The summed E-state index contributed by atoms with van der Waals surface area (Å²) < 4.78 is 0. The van der Waals surface area contributed by atoms with E-state index in [1.54, 1.807) is 0 Å². The van der Waals surface area contributed by atoms with Gasteiger partial charge in [-0.3, -0.25) is 0 Å². The Balaban J connectivity index is 0.000000151. The molecule has 16 aromatic carbocycles. The third-order valence-corrected chi connectivity index (χ3v) is 17.7. The standard InChI is InChI=1S/2C41H31.C2H6Si.Zr/c2*1-2-3-12-27-23-38-36(40-32-17-8-4-13-28(32)25-29-14-5-9-18-33(29)40)21-22-37(39(38)24-27)41-34-19-10-6-15-30(34)26-31-16-7-11-20-35(31)41;1-3-2;/h2*4-11,13-26H,2-3,12H2,1H3;1-2H3;/q2*-1;;+2. The van der Waals surface area contributed by atoms with Crippen LogP contribution >= 0.6 is 0 Å². The molecule has 2 heteroatoms. The Bertz CT molecular complexity index is 4310. The number of unbranched alkanes of at least 4 members (excludes halogenated alkanes) is 2. The van der Waals surface area contributed by atoms with Gasteiger partial charge in [-0.15, -0.1) is 44.8 Å². The number of rotatable bonds is 10. The van der Waals surface area contributed by atoms with Gasteiger partial charge in [0.05, 0.1) is 0 Å². The van der Waals surface area contributed by atoms with Crippen molar-refractivity contribution in [2.75, 3.05) is 0 Å². The molecule has 86 heavy (non-hydrogen) atoms. The molecule has 0 atom stereocenters. The molecule has 2 radical (unpaired) electrons. The van der Waals surface area contributed by atoms with Crippen LogP contribution < -0.4 is 0 Å². The minimum absolute atomic E-state index is 0. The molecule has 0 aliphatic carbocycles. The minimum Gasteiger partial charge on any atom is -0.164 e. The van der Waals surface area contributed by atoms with Gasteiger partial charge in [0.1, 0.15) is 0 Å². The van der Waals surface area contributed by atoms with Crippen molar-refractivity contribution < 1.29 is 26.2 Å². The summed E-state index contributed by atoms with van der Waals surface area (Å²) >= 11 is 0. The van der Waals surface area contributed by atoms with E-state index in [2.05, 4.69) is 294 Å². The van der Waals surface area contributed by atoms with Crippen LogP contribution in [0, 0.1) is 0 Å². The maximum Gasteiger partial charge on any atom is 2.00 e. The van der Waals surface area contributed by atoms with Gasteiger partial charge in [-0.2, -0.15) is 12.1 Å². The van der Waals surface area contributed by atoms with E-state index in [0.29, 0.717) is 0 Å². The topological polar surface area (TPSA) is 0 Å². The molecule has 16 aromatic rings. The van der Waals surface area contributed by atoms with E-state index in [4.69, 9.17) is 0 Å². The van der Waals surface area contributed by atoms with Gasteiger partial charge in [0, 0.05) is 9.52 Å². The molecule has 0 aliphatic heterocycles. The van der Waals surface area contributed by atoms with Crippen molar-refractivity contribution in [1.82, 2.24) is 0 Å². The summed E-state index contributed by atoms with van der Waals surface area (Å²) in [5.41, 5.74) is 13.5. The van der Waals surface area contributed by atoms with E-state index in [1.165, 1.54) is 189 Å². The van der Waals surface area contributed by atoms with Crippen LogP contribution in [0.15, 0.2) is 267 Å². The van der Waals surface area contributed by atoms with Gasteiger partial charge in [-0.1, -0.05) is 293 Å². The average molecular weight is 1200 g/mol. The SMILES string of the molecule is CCCCc1cc2c(-c3c4ccccc4cc4ccccc34)ccc(-c3c4ccccc4cc4ccccc34)c2[cH-]1.CCCCc1cc2c(-c3c4ccccc4cc4ccccc34)ccc(-c3c4ccccc4cc4ccccc34)c2[cH-]1.C[Si]C.[Zr+2]. The van der Waals surface area contributed by atoms with Crippen LogP contribution in [0.2, 0.25) is 13.1 Å². The van der Waals surface area contributed by atoms with Gasteiger partial charge in [0.2, 0.25) is 0 Å². The number of hydrogen-bond donors (Lipinski definition) is 0. The second-order valence-corrected chi connectivity index (χ2v) is 24.2. The molecule has 0 spiro atoms. The molecule has 412 valence electrons. The van der Waals surface area contributed by atoms with Crippen molar-refractivity contribution in [3.63, 3.8) is 0 Å². The van der Waals surface area contributed by atoms with Crippen LogP contribution in [-0.2, 0) is 39.0 Å². The predicted octanol–water partition coefficient (Wildman–Crippen LogP) is 24.5. The molecule has 0 nitrogen and oxygen atoms in total. The first-order valence-corrected chi connectivity index (χ1v) is 32.7. The Kier molecular flexibility index (Phi) is 16.3. The first-order valence-electron chi connectivity index (χ1n) is 30.7. The van der Waals surface area contributed by atoms with Crippen molar-refractivity contribution in [2.45, 2.75) is 65.5 Å². The minimum atomic E-state index is 0. The molecule has 16 rings (SSSR count). The molecule has 0 unspecified atom stereocenters. The monoisotopic (exact) mass is 1190 g/mol. The van der Waals surface area contributed by atoms with Gasteiger partial charge in [0.15, 0.2) is 0 Å². The Morgan fingerprint density at radius 2 is 0.477 bits per heavy atom. The molecule has 0 aliphatic rings. The summed E-state index contributed by atoms with van der Waals surface area (Å²) in [5.74, 6) is 0. The quantitative estimate of drug-likeness (QED) is 0.0727. The second kappa shape index (κ2) is 24.8. The van der Waals surface area contributed by atoms with E-state index in [0.717, 1.165) is 22.4 Å². The largest absolute Gasteiger partial charge is 2.00 e. The fourth-order valence-electron chi connectivity index (χ4n) is 13.9. The number of fused-ring (bicyclic) bond motifs is 10. The van der Waals surface area contributed by atoms with Crippen LogP contribution in [0.1, 0.15) is 50.7 Å². The van der Waals surface area contributed by atoms with E-state index >= 15 is 0 Å². The van der Waals surface area contributed by atoms with Crippen LogP contribution in [0.3, 0.4) is 0 Å². The molecular weight excluding hydrogens is 1130 g/mol. The molecular formula is C84H68SiZr. The van der Waals surface area contributed by atoms with E-state index in [-0.39, 0.29) is 26.2 Å². The number of hydrogen-bond acceptors (Lipinski definition) is 0. The van der Waals surface area contributed by atoms with Crippen molar-refractivity contribution in [3.8, 4) is 44.5 Å². The maximum absolute atomic E-state index is 2.48. The van der Waals surface area contributed by atoms with Crippen molar-refractivity contribution in [1.29, 1.82) is 0 Å². The van der Waals surface area contributed by atoms with Crippen LogP contribution in [0.4, 0.5) is 0 Å². The molecule has 0 amide bonds. The van der Waals surface area contributed by atoms with Crippen molar-refractivity contribution in [2.24, 2.45) is 0 Å². The summed E-state index contributed by atoms with van der Waals surface area (Å²) in [6.45, 7) is 8.87. The van der Waals surface area contributed by atoms with Crippen LogP contribution in [-0.4, -0.2) is 9.52 Å². The van der Waals surface area contributed by atoms with Crippen LogP contribution in [0.5, 0.6) is 0 Å². The van der Waals surface area contributed by atoms with Crippen molar-refractivity contribution >= 4 is 117 Å².